The van der Waals surface area contributed by atoms with Gasteiger partial charge in [-0.3, -0.25) is 13.9 Å². The molecule has 0 unspecified atom stereocenters. The average molecular weight is 572 g/mol. The molecule has 3 aromatic rings. The summed E-state index contributed by atoms with van der Waals surface area (Å²) in [5.41, 5.74) is 1.62. The van der Waals surface area contributed by atoms with Crippen LogP contribution in [-0.4, -0.2) is 59.0 Å². The van der Waals surface area contributed by atoms with Crippen molar-refractivity contribution in [1.29, 1.82) is 0 Å². The van der Waals surface area contributed by atoms with Crippen molar-refractivity contribution in [3.8, 4) is 11.5 Å². The number of aryl methyl sites for hydroxylation is 1. The lowest BCUT2D eigenvalue weighted by Crippen LogP contribution is -2.51. The van der Waals surface area contributed by atoms with Crippen molar-refractivity contribution in [2.45, 2.75) is 37.8 Å². The monoisotopic (exact) mass is 571 g/mol. The minimum atomic E-state index is -4.24. The van der Waals surface area contributed by atoms with Crippen LogP contribution in [0.1, 0.15) is 24.5 Å². The summed E-state index contributed by atoms with van der Waals surface area (Å²) in [4.78, 5) is 28.0. The quantitative estimate of drug-likeness (QED) is 0.354. The Kier molecular flexibility index (Phi) is 10.1. The number of rotatable bonds is 12. The standard InChI is InChI=1S/C29H34FN3O6S/c1-6-25(29(35)31-3)32(18-21-9-11-22(30)12-10-21)28(34)19-33(23-13-16-26(38-4)27(17-23)39-5)40(36,37)24-14-7-20(2)8-15-24/h7-17,25H,6,18-19H2,1-5H3,(H,31,35)/t25-/m1/s1. The lowest BCUT2D eigenvalue weighted by atomic mass is 10.1. The first-order valence-corrected chi connectivity index (χ1v) is 14.1. The molecule has 0 bridgehead atoms. The summed E-state index contributed by atoms with van der Waals surface area (Å²) in [5.74, 6) is -0.809. The number of carbonyl (C=O) groups is 2. The lowest BCUT2D eigenvalue weighted by molar-refractivity contribution is -0.140. The third-order valence-electron chi connectivity index (χ3n) is 6.44. The number of benzene rings is 3. The van der Waals surface area contributed by atoms with E-state index in [1.807, 2.05) is 6.92 Å². The maximum Gasteiger partial charge on any atom is 0.264 e. The number of likely N-dealkylation sites (N-methyl/N-ethyl adjacent to an activating group) is 1. The molecule has 0 aliphatic carbocycles. The zero-order chi connectivity index (χ0) is 29.4. The van der Waals surface area contributed by atoms with Gasteiger partial charge in [0, 0.05) is 19.7 Å². The van der Waals surface area contributed by atoms with Crippen molar-refractivity contribution in [1.82, 2.24) is 10.2 Å². The smallest absolute Gasteiger partial charge is 0.264 e. The first-order valence-electron chi connectivity index (χ1n) is 12.6. The molecule has 0 spiro atoms. The van der Waals surface area contributed by atoms with E-state index in [2.05, 4.69) is 5.32 Å². The molecular formula is C29H34FN3O6S. The molecule has 0 aliphatic rings. The van der Waals surface area contributed by atoms with Gasteiger partial charge in [0.2, 0.25) is 11.8 Å². The van der Waals surface area contributed by atoms with Crippen LogP contribution >= 0.6 is 0 Å². The summed E-state index contributed by atoms with van der Waals surface area (Å²) in [6.45, 7) is 2.94. The fourth-order valence-electron chi connectivity index (χ4n) is 4.22. The van der Waals surface area contributed by atoms with E-state index in [0.29, 0.717) is 11.3 Å². The molecule has 0 heterocycles. The minimum Gasteiger partial charge on any atom is -0.493 e. The number of sulfonamides is 1. The van der Waals surface area contributed by atoms with Gasteiger partial charge in [0.1, 0.15) is 18.4 Å². The van der Waals surface area contributed by atoms with Crippen LogP contribution in [-0.2, 0) is 26.2 Å². The first kappa shape index (κ1) is 30.4. The second-order valence-corrected chi connectivity index (χ2v) is 10.9. The Morgan fingerprint density at radius 3 is 2.12 bits per heavy atom. The Hall–Kier alpha value is -4.12. The molecule has 0 fully saturated rings. The summed E-state index contributed by atoms with van der Waals surface area (Å²) in [5, 5.41) is 2.57. The molecule has 0 aliphatic heterocycles. The normalized spacial score (nSPS) is 11.8. The third kappa shape index (κ3) is 6.90. The fraction of sp³-hybridized carbons (Fsp3) is 0.310. The Labute approximate surface area is 234 Å². The van der Waals surface area contributed by atoms with Gasteiger partial charge in [-0.25, -0.2) is 12.8 Å². The number of carbonyl (C=O) groups excluding carboxylic acids is 2. The van der Waals surface area contributed by atoms with Crippen LogP contribution in [0, 0.1) is 12.7 Å². The maximum absolute atomic E-state index is 13.9. The van der Waals surface area contributed by atoms with Crippen LogP contribution in [0.25, 0.3) is 0 Å². The van der Waals surface area contributed by atoms with E-state index in [0.717, 1.165) is 9.87 Å². The highest BCUT2D eigenvalue weighted by atomic mass is 32.2. The molecule has 3 rings (SSSR count). The molecule has 11 heteroatoms. The van der Waals surface area contributed by atoms with Crippen LogP contribution in [0.2, 0.25) is 0 Å². The van der Waals surface area contributed by atoms with E-state index in [1.54, 1.807) is 25.1 Å². The van der Waals surface area contributed by atoms with Gasteiger partial charge >= 0.3 is 0 Å². The molecule has 9 nitrogen and oxygen atoms in total. The lowest BCUT2D eigenvalue weighted by Gasteiger charge is -2.33. The van der Waals surface area contributed by atoms with Crippen LogP contribution in [0.15, 0.2) is 71.6 Å². The van der Waals surface area contributed by atoms with Gasteiger partial charge in [-0.2, -0.15) is 0 Å². The van der Waals surface area contributed by atoms with E-state index < -0.39 is 40.2 Å². The van der Waals surface area contributed by atoms with Crippen molar-refractivity contribution < 1.29 is 31.9 Å². The Morgan fingerprint density at radius 2 is 1.57 bits per heavy atom. The zero-order valence-corrected chi connectivity index (χ0v) is 24.0. The maximum atomic E-state index is 13.9. The van der Waals surface area contributed by atoms with Gasteiger partial charge in [-0.15, -0.1) is 0 Å². The number of halogens is 1. The molecular weight excluding hydrogens is 537 g/mol. The molecule has 0 radical (unpaired) electrons. The highest BCUT2D eigenvalue weighted by molar-refractivity contribution is 7.92. The number of hydrogen-bond acceptors (Lipinski definition) is 6. The first-order chi connectivity index (χ1) is 19.0. The van der Waals surface area contributed by atoms with Crippen molar-refractivity contribution in [3.05, 3.63) is 83.7 Å². The van der Waals surface area contributed by atoms with E-state index >= 15 is 0 Å². The summed E-state index contributed by atoms with van der Waals surface area (Å²) < 4.78 is 53.1. The molecule has 3 aromatic carbocycles. The molecule has 40 heavy (non-hydrogen) atoms. The van der Waals surface area contributed by atoms with Crippen molar-refractivity contribution in [3.63, 3.8) is 0 Å². The highest BCUT2D eigenvalue weighted by Gasteiger charge is 2.33. The van der Waals surface area contributed by atoms with Gasteiger partial charge < -0.3 is 19.7 Å². The number of methoxy groups -OCH3 is 2. The number of nitrogens with one attached hydrogen (secondary N) is 1. The second-order valence-electron chi connectivity index (χ2n) is 9.05. The van der Waals surface area contributed by atoms with E-state index in [4.69, 9.17) is 9.47 Å². The van der Waals surface area contributed by atoms with Crippen LogP contribution in [0.4, 0.5) is 10.1 Å². The van der Waals surface area contributed by atoms with Gasteiger partial charge in [-0.05, 0) is 55.3 Å². The minimum absolute atomic E-state index is 0.0101. The van der Waals surface area contributed by atoms with Gasteiger partial charge in [0.05, 0.1) is 24.8 Å². The number of ether oxygens (including phenoxy) is 2. The Bertz CT molecular complexity index is 1430. The zero-order valence-electron chi connectivity index (χ0n) is 23.2. The molecule has 1 N–H and O–H groups in total. The largest absolute Gasteiger partial charge is 0.493 e. The Balaban J connectivity index is 2.11. The third-order valence-corrected chi connectivity index (χ3v) is 8.23. The van der Waals surface area contributed by atoms with Gasteiger partial charge in [0.15, 0.2) is 11.5 Å². The number of nitrogens with zero attached hydrogens (tertiary/aromatic N) is 2. The van der Waals surface area contributed by atoms with Crippen molar-refractivity contribution >= 4 is 27.5 Å². The van der Waals surface area contributed by atoms with Crippen LogP contribution in [0.5, 0.6) is 11.5 Å². The molecule has 0 saturated heterocycles. The van der Waals surface area contributed by atoms with Crippen LogP contribution in [0.3, 0.4) is 0 Å². The summed E-state index contributed by atoms with van der Waals surface area (Å²) in [6, 6.07) is 15.5. The second kappa shape index (κ2) is 13.3. The highest BCUT2D eigenvalue weighted by Crippen LogP contribution is 2.34. The summed E-state index contributed by atoms with van der Waals surface area (Å²) >= 11 is 0. The molecule has 2 amide bonds. The fourth-order valence-corrected chi connectivity index (χ4v) is 5.62. The summed E-state index contributed by atoms with van der Waals surface area (Å²) in [7, 11) is 0.0993. The number of hydrogen-bond donors (Lipinski definition) is 1. The van der Waals surface area contributed by atoms with E-state index in [9.17, 15) is 22.4 Å². The van der Waals surface area contributed by atoms with Crippen LogP contribution < -0.4 is 19.1 Å². The van der Waals surface area contributed by atoms with E-state index in [1.165, 1.54) is 74.7 Å². The average Bonchev–Trinajstić information content (AvgIpc) is 2.96. The Morgan fingerprint density at radius 1 is 0.950 bits per heavy atom. The molecule has 0 saturated carbocycles. The van der Waals surface area contributed by atoms with Gasteiger partial charge in [-0.1, -0.05) is 36.8 Å². The van der Waals surface area contributed by atoms with Gasteiger partial charge in [0.25, 0.3) is 10.0 Å². The topological polar surface area (TPSA) is 105 Å². The predicted molar refractivity (Wildman–Crippen MR) is 150 cm³/mol. The predicted octanol–water partition coefficient (Wildman–Crippen LogP) is 3.90. The number of amides is 2. The van der Waals surface area contributed by atoms with E-state index in [-0.39, 0.29) is 29.3 Å². The molecule has 0 aromatic heterocycles. The summed E-state index contributed by atoms with van der Waals surface area (Å²) in [6.07, 6.45) is 0.272. The molecule has 214 valence electrons. The SMILES string of the molecule is CC[C@H](C(=O)NC)N(Cc1ccc(F)cc1)C(=O)CN(c1ccc(OC)c(OC)c1)S(=O)(=O)c1ccc(C)cc1. The van der Waals surface area contributed by atoms with Crippen molar-refractivity contribution in [2.24, 2.45) is 0 Å². The number of anilines is 1. The van der Waals surface area contributed by atoms with Crippen molar-refractivity contribution in [2.75, 3.05) is 32.1 Å². The molecule has 1 atom stereocenters.